The molecule has 0 bridgehead atoms. The van der Waals surface area contributed by atoms with E-state index in [1.807, 2.05) is 30.3 Å². The van der Waals surface area contributed by atoms with Crippen LogP contribution in [0.15, 0.2) is 42.5 Å². The van der Waals surface area contributed by atoms with Crippen LogP contribution in [-0.2, 0) is 5.41 Å². The second-order valence-corrected chi connectivity index (χ2v) is 8.61. The lowest BCUT2D eigenvalue weighted by Crippen LogP contribution is -2.14. The zero-order chi connectivity index (χ0) is 18.9. The number of rotatable bonds is 3. The number of benzene rings is 2. The van der Waals surface area contributed by atoms with Crippen LogP contribution in [-0.4, -0.2) is 16.1 Å². The van der Waals surface area contributed by atoms with Crippen molar-refractivity contribution < 1.29 is 4.79 Å². The summed E-state index contributed by atoms with van der Waals surface area (Å²) >= 11 is 13.2. The van der Waals surface area contributed by atoms with Crippen molar-refractivity contribution in [1.29, 1.82) is 0 Å². The van der Waals surface area contributed by atoms with Crippen molar-refractivity contribution in [3.63, 3.8) is 0 Å². The van der Waals surface area contributed by atoms with Crippen molar-refractivity contribution >= 4 is 45.6 Å². The zero-order valence-electron chi connectivity index (χ0n) is 14.5. The summed E-state index contributed by atoms with van der Waals surface area (Å²) in [6.07, 6.45) is 0. The van der Waals surface area contributed by atoms with Crippen molar-refractivity contribution in [3.8, 4) is 10.6 Å². The highest BCUT2D eigenvalue weighted by Crippen LogP contribution is 2.31. The van der Waals surface area contributed by atoms with Crippen LogP contribution in [0.3, 0.4) is 0 Å². The highest BCUT2D eigenvalue weighted by atomic mass is 35.5. The molecule has 1 aromatic heterocycles. The Hall–Kier alpha value is -1.95. The topological polar surface area (TPSA) is 54.9 Å². The van der Waals surface area contributed by atoms with E-state index in [-0.39, 0.29) is 11.3 Å². The lowest BCUT2D eigenvalue weighted by atomic mass is 9.87. The van der Waals surface area contributed by atoms with Crippen LogP contribution in [0.2, 0.25) is 10.0 Å². The molecule has 4 nitrogen and oxygen atoms in total. The van der Waals surface area contributed by atoms with Gasteiger partial charge in [0.2, 0.25) is 5.13 Å². The predicted octanol–water partition coefficient (Wildman–Crippen LogP) is 6.06. The second-order valence-electron chi connectivity index (χ2n) is 6.82. The Morgan fingerprint density at radius 3 is 2.31 bits per heavy atom. The number of anilines is 1. The van der Waals surface area contributed by atoms with Crippen molar-refractivity contribution in [2.45, 2.75) is 26.2 Å². The van der Waals surface area contributed by atoms with E-state index in [0.717, 1.165) is 5.56 Å². The average Bonchev–Trinajstić information content (AvgIpc) is 3.05. The molecule has 0 unspecified atom stereocenters. The van der Waals surface area contributed by atoms with Crippen LogP contribution in [0, 0.1) is 0 Å². The Balaban J connectivity index is 1.74. The third-order valence-electron chi connectivity index (χ3n) is 3.83. The molecule has 0 saturated carbocycles. The second kappa shape index (κ2) is 7.35. The van der Waals surface area contributed by atoms with E-state index in [1.54, 1.807) is 12.1 Å². The van der Waals surface area contributed by atoms with Crippen molar-refractivity contribution in [1.82, 2.24) is 10.2 Å². The minimum Gasteiger partial charge on any atom is -0.296 e. The lowest BCUT2D eigenvalue weighted by molar-refractivity contribution is 0.102. The maximum atomic E-state index is 12.4. The summed E-state index contributed by atoms with van der Waals surface area (Å²) in [5, 5.41) is 12.9. The summed E-state index contributed by atoms with van der Waals surface area (Å²) < 4.78 is 0. The van der Waals surface area contributed by atoms with Gasteiger partial charge in [-0.1, -0.05) is 73.5 Å². The molecular formula is C19H17Cl2N3OS. The van der Waals surface area contributed by atoms with Gasteiger partial charge in [0, 0.05) is 11.1 Å². The molecule has 134 valence electrons. The number of nitrogens with one attached hydrogen (secondary N) is 1. The number of carbonyl (C=O) groups is 1. The molecular weight excluding hydrogens is 389 g/mol. The number of hydrogen-bond acceptors (Lipinski definition) is 4. The van der Waals surface area contributed by atoms with Gasteiger partial charge in [-0.2, -0.15) is 0 Å². The van der Waals surface area contributed by atoms with Gasteiger partial charge in [-0.15, -0.1) is 10.2 Å². The number of nitrogens with zero attached hydrogens (tertiary/aromatic N) is 2. The third kappa shape index (κ3) is 4.23. The molecule has 26 heavy (non-hydrogen) atoms. The molecule has 3 rings (SSSR count). The van der Waals surface area contributed by atoms with E-state index in [0.29, 0.717) is 25.7 Å². The number of amides is 1. The van der Waals surface area contributed by atoms with Gasteiger partial charge < -0.3 is 0 Å². The van der Waals surface area contributed by atoms with Gasteiger partial charge >= 0.3 is 0 Å². The molecule has 0 atom stereocenters. The van der Waals surface area contributed by atoms with Crippen LogP contribution in [0.25, 0.3) is 10.6 Å². The van der Waals surface area contributed by atoms with Crippen molar-refractivity contribution in [2.75, 3.05) is 5.32 Å². The Bertz CT molecular complexity index is 946. The smallest absolute Gasteiger partial charge is 0.257 e. The fourth-order valence-corrected chi connectivity index (χ4v) is 3.34. The Morgan fingerprint density at radius 1 is 1.00 bits per heavy atom. The summed E-state index contributed by atoms with van der Waals surface area (Å²) in [5.41, 5.74) is 2.59. The highest BCUT2D eigenvalue weighted by molar-refractivity contribution is 7.18. The van der Waals surface area contributed by atoms with Gasteiger partial charge in [0.05, 0.1) is 10.0 Å². The molecule has 1 amide bonds. The summed E-state index contributed by atoms with van der Waals surface area (Å²) in [6.45, 7) is 6.40. The van der Waals surface area contributed by atoms with E-state index in [9.17, 15) is 4.79 Å². The van der Waals surface area contributed by atoms with Gasteiger partial charge in [-0.05, 0) is 35.2 Å². The van der Waals surface area contributed by atoms with E-state index in [2.05, 4.69) is 36.3 Å². The first-order valence-electron chi connectivity index (χ1n) is 7.95. The van der Waals surface area contributed by atoms with Gasteiger partial charge in [-0.3, -0.25) is 10.1 Å². The fourth-order valence-electron chi connectivity index (χ4n) is 2.31. The molecule has 0 fully saturated rings. The van der Waals surface area contributed by atoms with Gasteiger partial charge in [-0.25, -0.2) is 0 Å². The van der Waals surface area contributed by atoms with Crippen molar-refractivity contribution in [2.24, 2.45) is 0 Å². The average molecular weight is 406 g/mol. The van der Waals surface area contributed by atoms with Gasteiger partial charge in [0.25, 0.3) is 5.91 Å². The molecule has 7 heteroatoms. The number of halogens is 2. The molecule has 0 radical (unpaired) electrons. The summed E-state index contributed by atoms with van der Waals surface area (Å²) in [5.74, 6) is -0.220. The van der Waals surface area contributed by atoms with Crippen LogP contribution >= 0.6 is 34.5 Å². The Morgan fingerprint density at radius 2 is 1.69 bits per heavy atom. The minimum absolute atomic E-state index is 0.0446. The fraction of sp³-hybridized carbons (Fsp3) is 0.211. The molecule has 1 heterocycles. The van der Waals surface area contributed by atoms with Crippen LogP contribution in [0.4, 0.5) is 5.13 Å². The van der Waals surface area contributed by atoms with E-state index >= 15 is 0 Å². The molecule has 0 aliphatic carbocycles. The molecule has 0 aliphatic rings. The van der Waals surface area contributed by atoms with E-state index in [4.69, 9.17) is 23.2 Å². The van der Waals surface area contributed by atoms with Crippen LogP contribution in [0.5, 0.6) is 0 Å². The van der Waals surface area contributed by atoms with Gasteiger partial charge in [0.1, 0.15) is 5.01 Å². The number of hydrogen-bond donors (Lipinski definition) is 1. The molecule has 2 aromatic carbocycles. The summed E-state index contributed by atoms with van der Waals surface area (Å²) in [7, 11) is 0. The zero-order valence-corrected chi connectivity index (χ0v) is 16.8. The standard InChI is InChI=1S/C19H17Cl2N3OS/c1-19(2,3)13-7-4-11(5-8-13)16(25)22-18-24-23-17(26-18)12-6-9-14(20)15(21)10-12/h4-10H,1-3H3,(H,22,24,25). The third-order valence-corrected chi connectivity index (χ3v) is 5.45. The summed E-state index contributed by atoms with van der Waals surface area (Å²) in [6, 6.07) is 12.8. The SMILES string of the molecule is CC(C)(C)c1ccc(C(=O)Nc2nnc(-c3ccc(Cl)c(Cl)c3)s2)cc1. The van der Waals surface area contributed by atoms with Crippen molar-refractivity contribution in [3.05, 3.63) is 63.6 Å². The van der Waals surface area contributed by atoms with Crippen LogP contribution in [0.1, 0.15) is 36.7 Å². The van der Waals surface area contributed by atoms with E-state index < -0.39 is 0 Å². The van der Waals surface area contributed by atoms with Crippen LogP contribution < -0.4 is 5.32 Å². The quantitative estimate of drug-likeness (QED) is 0.575. The number of carbonyl (C=O) groups excluding carboxylic acids is 1. The first-order chi connectivity index (χ1) is 12.2. The first-order valence-corrected chi connectivity index (χ1v) is 9.52. The maximum absolute atomic E-state index is 12.4. The molecule has 3 aromatic rings. The largest absolute Gasteiger partial charge is 0.296 e. The Labute approximate surface area is 166 Å². The number of aromatic nitrogens is 2. The highest BCUT2D eigenvalue weighted by Gasteiger charge is 2.15. The normalized spacial score (nSPS) is 11.4. The molecule has 0 spiro atoms. The minimum atomic E-state index is -0.220. The van der Waals surface area contributed by atoms with E-state index in [1.165, 1.54) is 16.9 Å². The summed E-state index contributed by atoms with van der Waals surface area (Å²) in [4.78, 5) is 12.4. The Kier molecular flexibility index (Phi) is 5.32. The lowest BCUT2D eigenvalue weighted by Gasteiger charge is -2.18. The van der Waals surface area contributed by atoms with Gasteiger partial charge in [0.15, 0.2) is 0 Å². The molecule has 0 saturated heterocycles. The first kappa shape index (κ1) is 18.8. The predicted molar refractivity (Wildman–Crippen MR) is 108 cm³/mol. The maximum Gasteiger partial charge on any atom is 0.257 e. The molecule has 1 N–H and O–H groups in total. The molecule has 0 aliphatic heterocycles. The monoisotopic (exact) mass is 405 g/mol.